The number of carbonyl (C=O) groups excluding carboxylic acids is 2. The average Bonchev–Trinajstić information content (AvgIpc) is 3.42. The highest BCUT2D eigenvalue weighted by Gasteiger charge is 2.44. The topological polar surface area (TPSA) is 77.1 Å². The molecule has 0 bridgehead atoms. The van der Waals surface area contributed by atoms with Crippen LogP contribution in [-0.2, 0) is 17.8 Å². The number of likely N-dealkylation sites (N-methyl/N-ethyl adjacent to an activating group) is 1. The van der Waals surface area contributed by atoms with Crippen molar-refractivity contribution < 1.29 is 23.8 Å². The van der Waals surface area contributed by atoms with Crippen LogP contribution in [0, 0.1) is 20.8 Å². The molecule has 7 nitrogen and oxygen atoms in total. The Bertz CT molecular complexity index is 1460. The summed E-state index contributed by atoms with van der Waals surface area (Å²) in [6.07, 6.45) is 0.517. The molecule has 1 fully saturated rings. The van der Waals surface area contributed by atoms with Gasteiger partial charge in [0.1, 0.15) is 36.1 Å². The maximum atomic E-state index is 11.8. The zero-order chi connectivity index (χ0) is 30.0. The first-order valence-corrected chi connectivity index (χ1v) is 15.3. The van der Waals surface area contributed by atoms with Crippen LogP contribution in [-0.4, -0.2) is 53.6 Å². The van der Waals surface area contributed by atoms with E-state index in [-0.39, 0.29) is 27.9 Å². The maximum Gasteiger partial charge on any atom is 0.286 e. The van der Waals surface area contributed by atoms with Gasteiger partial charge in [0.25, 0.3) is 5.24 Å². The molecule has 3 aromatic carbocycles. The molecule has 0 aromatic heterocycles. The van der Waals surface area contributed by atoms with Gasteiger partial charge in [-0.05, 0) is 88.0 Å². The third-order valence-electron chi connectivity index (χ3n) is 8.36. The highest BCUT2D eigenvalue weighted by molar-refractivity contribution is 8.15. The Labute approximate surface area is 252 Å². The number of hydrogen-bond donors (Lipinski definition) is 1. The van der Waals surface area contributed by atoms with E-state index in [1.54, 1.807) is 0 Å². The van der Waals surface area contributed by atoms with E-state index in [1.165, 1.54) is 5.56 Å². The average molecular weight is 589 g/mol. The summed E-state index contributed by atoms with van der Waals surface area (Å²) >= 11 is 1.05. The predicted octanol–water partition coefficient (Wildman–Crippen LogP) is 6.35. The Kier molecular flexibility index (Phi) is 8.85. The van der Waals surface area contributed by atoms with Gasteiger partial charge in [-0.25, -0.2) is 0 Å². The van der Waals surface area contributed by atoms with E-state index in [1.807, 2.05) is 42.5 Å². The van der Waals surface area contributed by atoms with Gasteiger partial charge in [-0.3, -0.25) is 14.9 Å². The molecule has 2 heterocycles. The van der Waals surface area contributed by atoms with Crippen LogP contribution in [0.4, 0.5) is 4.79 Å². The number of hydrogen-bond acceptors (Lipinski definition) is 7. The number of benzene rings is 3. The standard InChI is InChI=1S/C34H40N2O5S/c1-21-22(2)31-29(23(3)30(21)40-20-25-10-8-7-9-11-25)27(34(4,5)41-31)19-36(6)16-17-39-26-14-12-24(13-15-26)18-28-32(37)35-33(38)42-28/h7-15,27-28H,16-20H2,1-6H3,(H,35,37,38). The first kappa shape index (κ1) is 30.0. The fourth-order valence-corrected chi connectivity index (χ4v) is 6.65. The van der Waals surface area contributed by atoms with Crippen LogP contribution in [0.3, 0.4) is 0 Å². The summed E-state index contributed by atoms with van der Waals surface area (Å²) in [6.45, 7) is 13.4. The second-order valence-corrected chi connectivity index (χ2v) is 13.0. The third kappa shape index (κ3) is 6.45. The first-order chi connectivity index (χ1) is 20.0. The summed E-state index contributed by atoms with van der Waals surface area (Å²) in [5.41, 5.74) is 6.46. The molecule has 8 heteroatoms. The van der Waals surface area contributed by atoms with E-state index in [9.17, 15) is 9.59 Å². The second kappa shape index (κ2) is 12.4. The van der Waals surface area contributed by atoms with E-state index >= 15 is 0 Å². The van der Waals surface area contributed by atoms with Gasteiger partial charge in [0.15, 0.2) is 0 Å². The normalized spacial score (nSPS) is 19.0. The van der Waals surface area contributed by atoms with Crippen molar-refractivity contribution in [3.05, 3.63) is 88.0 Å². The lowest BCUT2D eigenvalue weighted by atomic mass is 9.82. The van der Waals surface area contributed by atoms with Gasteiger partial charge < -0.3 is 19.1 Å². The molecule has 5 rings (SSSR count). The molecular weight excluding hydrogens is 548 g/mol. The van der Waals surface area contributed by atoms with E-state index in [2.05, 4.69) is 64.0 Å². The molecule has 0 aliphatic carbocycles. The van der Waals surface area contributed by atoms with E-state index in [4.69, 9.17) is 14.2 Å². The molecular formula is C34H40N2O5S. The summed E-state index contributed by atoms with van der Waals surface area (Å²) in [5, 5.41) is 1.70. The van der Waals surface area contributed by atoms with Crippen molar-refractivity contribution in [2.75, 3.05) is 26.7 Å². The van der Waals surface area contributed by atoms with Gasteiger partial charge in [-0.1, -0.05) is 54.2 Å². The minimum atomic E-state index is -0.366. The SMILES string of the molecule is Cc1c(C)c2c(c(C)c1OCc1ccccc1)C(CN(C)CCOc1ccc(CC3SC(=O)NC3=O)cc1)C(C)(C)O2. The predicted molar refractivity (Wildman–Crippen MR) is 167 cm³/mol. The van der Waals surface area contributed by atoms with Gasteiger partial charge in [-0.15, -0.1) is 0 Å². The molecule has 0 saturated carbocycles. The Morgan fingerprint density at radius 1 is 0.929 bits per heavy atom. The number of ether oxygens (including phenoxy) is 3. The number of amides is 2. The Hall–Kier alpha value is -3.49. The molecule has 2 aliphatic rings. The fraction of sp³-hybridized carbons (Fsp3) is 0.412. The highest BCUT2D eigenvalue weighted by Crippen LogP contribution is 2.52. The van der Waals surface area contributed by atoms with Crippen LogP contribution in [0.5, 0.6) is 17.2 Å². The monoisotopic (exact) mass is 588 g/mol. The first-order valence-electron chi connectivity index (χ1n) is 14.4. The summed E-state index contributed by atoms with van der Waals surface area (Å²) in [5.74, 6) is 2.68. The zero-order valence-corrected chi connectivity index (χ0v) is 26.1. The quantitative estimate of drug-likeness (QED) is 0.280. The summed E-state index contributed by atoms with van der Waals surface area (Å²) in [4.78, 5) is 25.6. The molecule has 0 radical (unpaired) electrons. The van der Waals surface area contributed by atoms with Gasteiger partial charge in [0.2, 0.25) is 5.91 Å². The smallest absolute Gasteiger partial charge is 0.286 e. The number of nitrogens with zero attached hydrogens (tertiary/aromatic N) is 1. The van der Waals surface area contributed by atoms with Crippen LogP contribution in [0.1, 0.15) is 53.1 Å². The van der Waals surface area contributed by atoms with Crippen molar-refractivity contribution in [1.82, 2.24) is 10.2 Å². The molecule has 2 unspecified atom stereocenters. The number of thioether (sulfide) groups is 1. The molecule has 2 atom stereocenters. The van der Waals surface area contributed by atoms with Crippen molar-refractivity contribution in [2.24, 2.45) is 0 Å². The minimum Gasteiger partial charge on any atom is -0.492 e. The van der Waals surface area contributed by atoms with E-state index in [0.29, 0.717) is 19.6 Å². The Balaban J connectivity index is 1.21. The molecule has 0 spiro atoms. The number of imide groups is 1. The molecule has 1 N–H and O–H groups in total. The number of fused-ring (bicyclic) bond motifs is 1. The Morgan fingerprint density at radius 3 is 2.31 bits per heavy atom. The number of carbonyl (C=O) groups is 2. The number of rotatable bonds is 11. The lowest BCUT2D eigenvalue weighted by molar-refractivity contribution is -0.118. The second-order valence-electron chi connectivity index (χ2n) is 11.8. The third-order valence-corrected chi connectivity index (χ3v) is 9.34. The van der Waals surface area contributed by atoms with Crippen LogP contribution in [0.15, 0.2) is 54.6 Å². The lowest BCUT2D eigenvalue weighted by Gasteiger charge is -2.30. The van der Waals surface area contributed by atoms with Crippen molar-refractivity contribution in [2.45, 2.75) is 64.4 Å². The summed E-state index contributed by atoms with van der Waals surface area (Å²) in [7, 11) is 2.12. The molecule has 2 amide bonds. The van der Waals surface area contributed by atoms with E-state index < -0.39 is 0 Å². The molecule has 222 valence electrons. The molecule has 42 heavy (non-hydrogen) atoms. The lowest BCUT2D eigenvalue weighted by Crippen LogP contribution is -2.38. The zero-order valence-electron chi connectivity index (χ0n) is 25.3. The van der Waals surface area contributed by atoms with Gasteiger partial charge >= 0.3 is 0 Å². The van der Waals surface area contributed by atoms with Gasteiger partial charge in [-0.2, -0.15) is 0 Å². The molecule has 3 aromatic rings. The fourth-order valence-electron chi connectivity index (χ4n) is 5.79. The van der Waals surface area contributed by atoms with Gasteiger partial charge in [0.05, 0.1) is 5.25 Å². The highest BCUT2D eigenvalue weighted by atomic mass is 32.2. The molecule has 1 saturated heterocycles. The van der Waals surface area contributed by atoms with Crippen LogP contribution in [0.25, 0.3) is 0 Å². The maximum absolute atomic E-state index is 11.8. The van der Waals surface area contributed by atoms with Gasteiger partial charge in [0, 0.05) is 24.6 Å². The molecule has 2 aliphatic heterocycles. The number of nitrogens with one attached hydrogen (secondary N) is 1. The van der Waals surface area contributed by atoms with Crippen LogP contribution < -0.4 is 19.5 Å². The van der Waals surface area contributed by atoms with E-state index in [0.717, 1.165) is 69.9 Å². The van der Waals surface area contributed by atoms with Crippen LogP contribution in [0.2, 0.25) is 0 Å². The van der Waals surface area contributed by atoms with Crippen molar-refractivity contribution in [3.63, 3.8) is 0 Å². The van der Waals surface area contributed by atoms with Crippen LogP contribution >= 0.6 is 11.8 Å². The van der Waals surface area contributed by atoms with Crippen molar-refractivity contribution in [3.8, 4) is 17.2 Å². The largest absolute Gasteiger partial charge is 0.492 e. The summed E-state index contributed by atoms with van der Waals surface area (Å²) < 4.78 is 19.1. The summed E-state index contributed by atoms with van der Waals surface area (Å²) in [6, 6.07) is 18.0. The Morgan fingerprint density at radius 2 is 1.64 bits per heavy atom. The minimum absolute atomic E-state index is 0.174. The van der Waals surface area contributed by atoms with Crippen molar-refractivity contribution in [1.29, 1.82) is 0 Å². The van der Waals surface area contributed by atoms with Crippen molar-refractivity contribution >= 4 is 22.9 Å².